The van der Waals surface area contributed by atoms with Crippen LogP contribution in [0.4, 0.5) is 0 Å². The molecule has 0 aliphatic carbocycles. The topological polar surface area (TPSA) is 62.4 Å². The summed E-state index contributed by atoms with van der Waals surface area (Å²) in [6.45, 7) is 6.60. The average molecular weight is 425 g/mol. The number of carbonyl (C=O) groups excluding carboxylic acids is 2. The minimum Gasteiger partial charge on any atom is -0.461 e. The van der Waals surface area contributed by atoms with Gasteiger partial charge in [0.05, 0.1) is 17.2 Å². The minimum absolute atomic E-state index is 0.165. The molecule has 1 aromatic heterocycles. The molecule has 6 heteroatoms. The predicted octanol–water partition coefficient (Wildman–Crippen LogP) is 5.30. The highest BCUT2D eigenvalue weighted by atomic mass is 35.5. The largest absolute Gasteiger partial charge is 0.461 e. The zero-order valence-electron chi connectivity index (χ0n) is 17.4. The van der Waals surface area contributed by atoms with E-state index in [0.717, 1.165) is 22.4 Å². The molecular weight excluding hydrogens is 400 g/mol. The van der Waals surface area contributed by atoms with Crippen molar-refractivity contribution in [2.75, 3.05) is 6.61 Å². The van der Waals surface area contributed by atoms with E-state index < -0.39 is 5.97 Å². The van der Waals surface area contributed by atoms with Crippen molar-refractivity contribution in [3.63, 3.8) is 0 Å². The Morgan fingerprint density at radius 1 is 1.00 bits per heavy atom. The van der Waals surface area contributed by atoms with Gasteiger partial charge in [0.15, 0.2) is 0 Å². The maximum Gasteiger partial charge on any atom is 0.355 e. The number of rotatable bonds is 7. The van der Waals surface area contributed by atoms with Gasteiger partial charge in [0.2, 0.25) is 0 Å². The van der Waals surface area contributed by atoms with Crippen LogP contribution in [0, 0.1) is 13.8 Å². The number of hydrogen-bond donors (Lipinski definition) is 1. The van der Waals surface area contributed by atoms with Gasteiger partial charge in [0.25, 0.3) is 5.91 Å². The fraction of sp³-hybridized carbons (Fsp3) is 0.250. The lowest BCUT2D eigenvalue weighted by atomic mass is 10.1. The normalized spacial score (nSPS) is 10.7. The van der Waals surface area contributed by atoms with Crippen LogP contribution in [0.5, 0.6) is 0 Å². The molecule has 0 atom stereocenters. The summed E-state index contributed by atoms with van der Waals surface area (Å²) in [5, 5.41) is 0.412. The Labute approximate surface area is 181 Å². The number of aromatic amines is 1. The van der Waals surface area contributed by atoms with Crippen molar-refractivity contribution in [1.82, 2.24) is 9.88 Å². The Morgan fingerprint density at radius 2 is 1.67 bits per heavy atom. The van der Waals surface area contributed by atoms with Crippen molar-refractivity contribution >= 4 is 23.5 Å². The molecule has 0 radical (unpaired) electrons. The van der Waals surface area contributed by atoms with Gasteiger partial charge in [-0.15, -0.1) is 0 Å². The van der Waals surface area contributed by atoms with Gasteiger partial charge >= 0.3 is 5.97 Å². The van der Waals surface area contributed by atoms with Gasteiger partial charge in [-0.25, -0.2) is 4.79 Å². The number of halogens is 1. The number of H-pyrrole nitrogens is 1. The smallest absolute Gasteiger partial charge is 0.355 e. The number of aryl methyl sites for hydroxylation is 1. The molecule has 0 fully saturated rings. The summed E-state index contributed by atoms with van der Waals surface area (Å²) in [6.07, 6.45) is 0. The molecule has 0 saturated carbocycles. The molecule has 0 aliphatic heterocycles. The van der Waals surface area contributed by atoms with E-state index in [1.807, 2.05) is 44.2 Å². The van der Waals surface area contributed by atoms with Crippen molar-refractivity contribution in [1.29, 1.82) is 0 Å². The highest BCUT2D eigenvalue weighted by molar-refractivity contribution is 6.33. The Morgan fingerprint density at radius 3 is 2.33 bits per heavy atom. The first-order valence-corrected chi connectivity index (χ1v) is 10.2. The molecule has 3 aromatic rings. The molecule has 0 unspecified atom stereocenters. The van der Waals surface area contributed by atoms with Gasteiger partial charge in [-0.2, -0.15) is 0 Å². The van der Waals surface area contributed by atoms with Crippen molar-refractivity contribution in [3.8, 4) is 0 Å². The van der Waals surface area contributed by atoms with Crippen LogP contribution in [0.25, 0.3) is 0 Å². The van der Waals surface area contributed by atoms with E-state index in [1.165, 1.54) is 0 Å². The van der Waals surface area contributed by atoms with Gasteiger partial charge in [-0.05, 0) is 49.6 Å². The summed E-state index contributed by atoms with van der Waals surface area (Å²) in [7, 11) is 0. The monoisotopic (exact) mass is 424 g/mol. The first-order valence-electron chi connectivity index (χ1n) is 9.85. The lowest BCUT2D eigenvalue weighted by molar-refractivity contribution is 0.0519. The van der Waals surface area contributed by atoms with Crippen molar-refractivity contribution in [3.05, 3.63) is 93.3 Å². The van der Waals surface area contributed by atoms with E-state index in [4.69, 9.17) is 16.3 Å². The zero-order valence-corrected chi connectivity index (χ0v) is 18.1. The zero-order chi connectivity index (χ0) is 21.7. The molecule has 0 aliphatic rings. The number of nitrogens with one attached hydrogen (secondary N) is 1. The number of amides is 1. The molecule has 156 valence electrons. The molecule has 2 aromatic carbocycles. The first-order chi connectivity index (χ1) is 14.4. The molecule has 1 heterocycles. The highest BCUT2D eigenvalue weighted by Crippen LogP contribution is 2.24. The standard InChI is InChI=1S/C24H25ClN2O3/c1-4-30-24(29)22-16(2)20(17(3)26-22)15-27(14-18-10-6-5-7-11-18)23(28)19-12-8-9-13-21(19)25/h5-13,26H,4,14-15H2,1-3H3. The molecule has 0 bridgehead atoms. The fourth-order valence-electron chi connectivity index (χ4n) is 3.43. The Balaban J connectivity index is 1.96. The van der Waals surface area contributed by atoms with Gasteiger partial charge in [0.1, 0.15) is 5.69 Å². The van der Waals surface area contributed by atoms with E-state index in [9.17, 15) is 9.59 Å². The van der Waals surface area contributed by atoms with Crippen LogP contribution >= 0.6 is 11.6 Å². The number of nitrogens with zero attached hydrogens (tertiary/aromatic N) is 1. The van der Waals surface area contributed by atoms with Crippen molar-refractivity contribution in [2.45, 2.75) is 33.9 Å². The van der Waals surface area contributed by atoms with Crippen LogP contribution in [0.2, 0.25) is 5.02 Å². The summed E-state index contributed by atoms with van der Waals surface area (Å²) in [5.74, 6) is -0.557. The second-order valence-electron chi connectivity index (χ2n) is 7.08. The first kappa shape index (κ1) is 21.7. The van der Waals surface area contributed by atoms with Gasteiger partial charge in [-0.1, -0.05) is 54.1 Å². The van der Waals surface area contributed by atoms with E-state index in [-0.39, 0.29) is 5.91 Å². The molecule has 0 saturated heterocycles. The third-order valence-corrected chi connectivity index (χ3v) is 5.36. The predicted molar refractivity (Wildman–Crippen MR) is 118 cm³/mol. The third kappa shape index (κ3) is 4.74. The van der Waals surface area contributed by atoms with Gasteiger partial charge in [-0.3, -0.25) is 4.79 Å². The van der Waals surface area contributed by atoms with Gasteiger partial charge < -0.3 is 14.6 Å². The number of hydrogen-bond acceptors (Lipinski definition) is 3. The minimum atomic E-state index is -0.392. The number of ether oxygens (including phenoxy) is 1. The second kappa shape index (κ2) is 9.63. The number of benzene rings is 2. The average Bonchev–Trinajstić information content (AvgIpc) is 3.02. The number of aromatic nitrogens is 1. The van der Waals surface area contributed by atoms with Crippen LogP contribution in [-0.2, 0) is 17.8 Å². The van der Waals surface area contributed by atoms with E-state index in [1.54, 1.807) is 36.1 Å². The summed E-state index contributed by atoms with van der Waals surface area (Å²) in [4.78, 5) is 30.5. The summed E-state index contributed by atoms with van der Waals surface area (Å²) >= 11 is 6.30. The quantitative estimate of drug-likeness (QED) is 0.523. The van der Waals surface area contributed by atoms with Crippen LogP contribution in [-0.4, -0.2) is 28.4 Å². The van der Waals surface area contributed by atoms with E-state index in [0.29, 0.717) is 36.0 Å². The Bertz CT molecular complexity index is 1040. The molecule has 5 nitrogen and oxygen atoms in total. The van der Waals surface area contributed by atoms with Crippen molar-refractivity contribution in [2.24, 2.45) is 0 Å². The molecule has 0 spiro atoms. The maximum absolute atomic E-state index is 13.4. The lowest BCUT2D eigenvalue weighted by Gasteiger charge is -2.24. The fourth-order valence-corrected chi connectivity index (χ4v) is 3.65. The maximum atomic E-state index is 13.4. The highest BCUT2D eigenvalue weighted by Gasteiger charge is 2.24. The summed E-state index contributed by atoms with van der Waals surface area (Å²) in [5.41, 5.74) is 4.40. The van der Waals surface area contributed by atoms with E-state index in [2.05, 4.69) is 4.98 Å². The lowest BCUT2D eigenvalue weighted by Crippen LogP contribution is -2.30. The summed E-state index contributed by atoms with van der Waals surface area (Å²) < 4.78 is 5.14. The molecular formula is C24H25ClN2O3. The Kier molecular flexibility index (Phi) is 6.95. The SMILES string of the molecule is CCOC(=O)c1[nH]c(C)c(CN(Cc2ccccc2)C(=O)c2ccccc2Cl)c1C. The molecule has 3 rings (SSSR count). The number of carbonyl (C=O) groups is 2. The van der Waals surface area contributed by atoms with E-state index >= 15 is 0 Å². The van der Waals surface area contributed by atoms with Crippen LogP contribution in [0.1, 0.15) is 50.2 Å². The summed E-state index contributed by atoms with van der Waals surface area (Å²) in [6, 6.07) is 16.8. The molecule has 30 heavy (non-hydrogen) atoms. The van der Waals surface area contributed by atoms with Crippen LogP contribution in [0.3, 0.4) is 0 Å². The second-order valence-corrected chi connectivity index (χ2v) is 7.48. The number of esters is 1. The van der Waals surface area contributed by atoms with Crippen LogP contribution < -0.4 is 0 Å². The van der Waals surface area contributed by atoms with Crippen molar-refractivity contribution < 1.29 is 14.3 Å². The Hall–Kier alpha value is -3.05. The molecule has 1 N–H and O–H groups in total. The molecule has 1 amide bonds. The third-order valence-electron chi connectivity index (χ3n) is 5.03. The van der Waals surface area contributed by atoms with Gasteiger partial charge in [0, 0.05) is 18.8 Å². The van der Waals surface area contributed by atoms with Crippen LogP contribution in [0.15, 0.2) is 54.6 Å².